The van der Waals surface area contributed by atoms with Crippen molar-refractivity contribution >= 4 is 23.4 Å². The fourth-order valence-electron chi connectivity index (χ4n) is 0.736. The van der Waals surface area contributed by atoms with Crippen LogP contribution in [-0.4, -0.2) is 10.6 Å². The Morgan fingerprint density at radius 2 is 1.73 bits per heavy atom. The van der Waals surface area contributed by atoms with Crippen LogP contribution in [0.5, 0.6) is 0 Å². The lowest BCUT2D eigenvalue weighted by Gasteiger charge is -2.19. The van der Waals surface area contributed by atoms with Crippen molar-refractivity contribution in [2.75, 3.05) is 0 Å². The SMILES string of the molecule is Fc1cccc(SC(F)(F)C(F)(F)Cl)c1. The molecule has 84 valence electrons. The van der Waals surface area contributed by atoms with E-state index < -0.39 is 28.2 Å². The summed E-state index contributed by atoms with van der Waals surface area (Å²) in [6.45, 7) is 0. The Hall–Kier alpha value is -0.490. The summed E-state index contributed by atoms with van der Waals surface area (Å²) < 4.78 is 62.3. The zero-order valence-electron chi connectivity index (χ0n) is 6.99. The Kier molecular flexibility index (Phi) is 3.50. The molecule has 0 aromatic heterocycles. The molecule has 0 bridgehead atoms. The van der Waals surface area contributed by atoms with E-state index in [0.29, 0.717) is 0 Å². The average Bonchev–Trinajstić information content (AvgIpc) is 2.00. The van der Waals surface area contributed by atoms with Crippen LogP contribution in [0.25, 0.3) is 0 Å². The molecule has 0 aliphatic rings. The van der Waals surface area contributed by atoms with Crippen LogP contribution in [0, 0.1) is 5.82 Å². The minimum absolute atomic E-state index is 0.319. The monoisotopic (exact) mass is 262 g/mol. The summed E-state index contributed by atoms with van der Waals surface area (Å²) in [6.07, 6.45) is 0. The summed E-state index contributed by atoms with van der Waals surface area (Å²) in [7, 11) is 0. The summed E-state index contributed by atoms with van der Waals surface area (Å²) in [5.41, 5.74) is 0. The topological polar surface area (TPSA) is 0 Å². The van der Waals surface area contributed by atoms with Crippen LogP contribution in [0.1, 0.15) is 0 Å². The highest BCUT2D eigenvalue weighted by molar-refractivity contribution is 8.00. The highest BCUT2D eigenvalue weighted by Crippen LogP contribution is 2.48. The third-order valence-electron chi connectivity index (χ3n) is 1.37. The fourth-order valence-corrected chi connectivity index (χ4v) is 1.58. The number of thioether (sulfide) groups is 1. The van der Waals surface area contributed by atoms with Crippen LogP contribution >= 0.6 is 23.4 Å². The van der Waals surface area contributed by atoms with Gasteiger partial charge in [0, 0.05) is 4.90 Å². The number of alkyl halides is 5. The summed E-state index contributed by atoms with van der Waals surface area (Å²) in [4.78, 5) is -0.319. The quantitative estimate of drug-likeness (QED) is 0.443. The fraction of sp³-hybridized carbons (Fsp3) is 0.250. The largest absolute Gasteiger partial charge is 0.394 e. The first-order chi connectivity index (χ1) is 6.72. The normalized spacial score (nSPS) is 12.9. The number of hydrogen-bond donors (Lipinski definition) is 0. The van der Waals surface area contributed by atoms with Gasteiger partial charge in [0.1, 0.15) is 5.82 Å². The molecule has 15 heavy (non-hydrogen) atoms. The molecule has 0 saturated heterocycles. The molecular formula is C8H4ClF5S. The smallest absolute Gasteiger partial charge is 0.207 e. The second-order valence-corrected chi connectivity index (χ2v) is 4.24. The van der Waals surface area contributed by atoms with Crippen molar-refractivity contribution in [3.8, 4) is 0 Å². The van der Waals surface area contributed by atoms with E-state index in [9.17, 15) is 22.0 Å². The molecule has 1 aromatic rings. The van der Waals surface area contributed by atoms with Crippen molar-refractivity contribution < 1.29 is 22.0 Å². The maximum Gasteiger partial charge on any atom is 0.394 e. The van der Waals surface area contributed by atoms with Crippen molar-refractivity contribution in [3.63, 3.8) is 0 Å². The zero-order valence-corrected chi connectivity index (χ0v) is 8.56. The number of benzene rings is 1. The molecule has 0 nitrogen and oxygen atoms in total. The minimum Gasteiger partial charge on any atom is -0.207 e. The third kappa shape index (κ3) is 3.24. The van der Waals surface area contributed by atoms with Gasteiger partial charge in [0.15, 0.2) is 0 Å². The van der Waals surface area contributed by atoms with Gasteiger partial charge in [0.2, 0.25) is 0 Å². The van der Waals surface area contributed by atoms with Gasteiger partial charge < -0.3 is 0 Å². The molecular weight excluding hydrogens is 259 g/mol. The molecule has 0 amide bonds. The molecule has 0 radical (unpaired) electrons. The van der Waals surface area contributed by atoms with Crippen LogP contribution in [-0.2, 0) is 0 Å². The van der Waals surface area contributed by atoms with Crippen molar-refractivity contribution in [1.29, 1.82) is 0 Å². The first-order valence-electron chi connectivity index (χ1n) is 3.61. The maximum absolute atomic E-state index is 12.7. The van der Waals surface area contributed by atoms with Crippen LogP contribution in [0.2, 0.25) is 0 Å². The molecule has 7 heteroatoms. The second kappa shape index (κ2) is 4.17. The van der Waals surface area contributed by atoms with E-state index in [0.717, 1.165) is 24.3 Å². The molecule has 0 fully saturated rings. The van der Waals surface area contributed by atoms with Gasteiger partial charge in [-0.2, -0.15) is 17.6 Å². The number of hydrogen-bond acceptors (Lipinski definition) is 1. The summed E-state index contributed by atoms with van der Waals surface area (Å²) in [5, 5.41) is -9.16. The van der Waals surface area contributed by atoms with Gasteiger partial charge in [-0.25, -0.2) is 4.39 Å². The third-order valence-corrected chi connectivity index (χ3v) is 2.72. The first kappa shape index (κ1) is 12.6. The molecule has 0 aliphatic heterocycles. The lowest BCUT2D eigenvalue weighted by atomic mass is 10.4. The van der Waals surface area contributed by atoms with E-state index in [-0.39, 0.29) is 4.90 Å². The molecule has 0 heterocycles. The van der Waals surface area contributed by atoms with E-state index in [1.165, 1.54) is 0 Å². The molecule has 0 unspecified atom stereocenters. The standard InChI is InChI=1S/C8H4ClF5S/c9-7(11,12)8(13,14)15-6-3-1-2-5(10)4-6/h1-4H. The molecule has 0 aliphatic carbocycles. The zero-order chi connectivity index (χ0) is 11.7. The molecule has 0 N–H and O–H groups in total. The van der Waals surface area contributed by atoms with Gasteiger partial charge in [-0.3, -0.25) is 0 Å². The van der Waals surface area contributed by atoms with E-state index in [2.05, 4.69) is 11.6 Å². The van der Waals surface area contributed by atoms with Crippen molar-refractivity contribution in [2.45, 2.75) is 15.5 Å². The predicted molar refractivity (Wildman–Crippen MR) is 48.0 cm³/mol. The Morgan fingerprint density at radius 1 is 1.13 bits per heavy atom. The van der Waals surface area contributed by atoms with Crippen molar-refractivity contribution in [1.82, 2.24) is 0 Å². The first-order valence-corrected chi connectivity index (χ1v) is 4.81. The van der Waals surface area contributed by atoms with E-state index >= 15 is 0 Å². The Balaban J connectivity index is 2.87. The molecule has 0 saturated carbocycles. The molecule has 0 atom stereocenters. The Bertz CT molecular complexity index is 349. The minimum atomic E-state index is -4.68. The lowest BCUT2D eigenvalue weighted by molar-refractivity contribution is -0.0897. The van der Waals surface area contributed by atoms with Crippen molar-refractivity contribution in [3.05, 3.63) is 30.1 Å². The van der Waals surface area contributed by atoms with Crippen LogP contribution < -0.4 is 0 Å². The highest BCUT2D eigenvalue weighted by atomic mass is 35.5. The van der Waals surface area contributed by atoms with E-state index in [1.54, 1.807) is 0 Å². The van der Waals surface area contributed by atoms with Crippen LogP contribution in [0.4, 0.5) is 22.0 Å². The van der Waals surface area contributed by atoms with Crippen LogP contribution in [0.15, 0.2) is 29.2 Å². The molecule has 1 aromatic carbocycles. The van der Waals surface area contributed by atoms with Gasteiger partial charge in [0.05, 0.1) is 0 Å². The Labute approximate surface area is 91.4 Å². The van der Waals surface area contributed by atoms with Gasteiger partial charge in [0.25, 0.3) is 0 Å². The summed E-state index contributed by atoms with van der Waals surface area (Å²) >= 11 is 3.73. The van der Waals surface area contributed by atoms with Crippen molar-refractivity contribution in [2.24, 2.45) is 0 Å². The summed E-state index contributed by atoms with van der Waals surface area (Å²) in [5.74, 6) is -0.784. The average molecular weight is 263 g/mol. The Morgan fingerprint density at radius 3 is 2.20 bits per heavy atom. The highest BCUT2D eigenvalue weighted by Gasteiger charge is 2.56. The lowest BCUT2D eigenvalue weighted by Crippen LogP contribution is -2.31. The van der Waals surface area contributed by atoms with Gasteiger partial charge in [-0.05, 0) is 41.6 Å². The second-order valence-electron chi connectivity index (χ2n) is 2.57. The summed E-state index contributed by atoms with van der Waals surface area (Å²) in [6, 6.07) is 3.96. The predicted octanol–water partition coefficient (Wildman–Crippen LogP) is 4.34. The van der Waals surface area contributed by atoms with Gasteiger partial charge in [-0.1, -0.05) is 6.07 Å². The van der Waals surface area contributed by atoms with Gasteiger partial charge in [-0.15, -0.1) is 0 Å². The number of rotatable bonds is 3. The van der Waals surface area contributed by atoms with Gasteiger partial charge >= 0.3 is 10.6 Å². The van der Waals surface area contributed by atoms with Crippen LogP contribution in [0.3, 0.4) is 0 Å². The molecule has 1 rings (SSSR count). The number of halogens is 6. The molecule has 0 spiro atoms. The maximum atomic E-state index is 12.7. The van der Waals surface area contributed by atoms with E-state index in [4.69, 9.17) is 0 Å². The van der Waals surface area contributed by atoms with E-state index in [1.807, 2.05) is 0 Å².